The van der Waals surface area contributed by atoms with Crippen LogP contribution in [-0.4, -0.2) is 57.2 Å². The van der Waals surface area contributed by atoms with Gasteiger partial charge < -0.3 is 5.32 Å². The number of nitro benzene ring substituents is 1. The van der Waals surface area contributed by atoms with Crippen molar-refractivity contribution in [3.05, 3.63) is 88.5 Å². The minimum atomic E-state index is -3.63. The van der Waals surface area contributed by atoms with Crippen LogP contribution in [0.4, 0.5) is 11.4 Å². The zero-order valence-corrected chi connectivity index (χ0v) is 23.2. The number of hydrogen-bond donors (Lipinski definition) is 1. The Balaban J connectivity index is 1.43. The van der Waals surface area contributed by atoms with Crippen LogP contribution in [0.5, 0.6) is 0 Å². The lowest BCUT2D eigenvalue weighted by Crippen LogP contribution is -2.27. The van der Waals surface area contributed by atoms with E-state index in [1.807, 2.05) is 30.3 Å². The molecule has 1 fully saturated rings. The molecule has 0 bridgehead atoms. The fourth-order valence-corrected chi connectivity index (χ4v) is 6.76. The number of nitro groups is 1. The van der Waals surface area contributed by atoms with Crippen molar-refractivity contribution in [3.8, 4) is 17.1 Å². The van der Waals surface area contributed by atoms with Crippen molar-refractivity contribution in [1.29, 1.82) is 0 Å². The Morgan fingerprint density at radius 1 is 1.02 bits per heavy atom. The number of amides is 1. The zero-order chi connectivity index (χ0) is 28.3. The molecule has 3 aromatic carbocycles. The number of rotatable bonds is 9. The topological polar surface area (TPSA) is 140 Å². The quantitative estimate of drug-likeness (QED) is 0.172. The van der Waals surface area contributed by atoms with Gasteiger partial charge in [0.25, 0.3) is 5.69 Å². The van der Waals surface area contributed by atoms with Gasteiger partial charge in [0.15, 0.2) is 11.0 Å². The van der Waals surface area contributed by atoms with Crippen LogP contribution in [0.15, 0.2) is 82.8 Å². The van der Waals surface area contributed by atoms with Gasteiger partial charge in [0, 0.05) is 30.4 Å². The molecule has 206 valence electrons. The number of anilines is 1. The van der Waals surface area contributed by atoms with Crippen molar-refractivity contribution >= 4 is 39.1 Å². The number of nitrogens with zero attached hydrogens (tertiary/aromatic N) is 5. The van der Waals surface area contributed by atoms with Gasteiger partial charge in [0.2, 0.25) is 15.9 Å². The molecular weight excluding hydrogens is 552 g/mol. The molecule has 1 aromatic heterocycles. The number of aromatic nitrogens is 3. The smallest absolute Gasteiger partial charge is 0.293 e. The third-order valence-electron chi connectivity index (χ3n) is 6.40. The van der Waals surface area contributed by atoms with E-state index in [9.17, 15) is 23.3 Å². The maximum absolute atomic E-state index is 13.2. The van der Waals surface area contributed by atoms with E-state index in [1.165, 1.54) is 16.4 Å². The van der Waals surface area contributed by atoms with Crippen molar-refractivity contribution in [2.24, 2.45) is 0 Å². The molecule has 2 heterocycles. The van der Waals surface area contributed by atoms with Gasteiger partial charge in [0.05, 0.1) is 15.6 Å². The molecule has 0 saturated carbocycles. The second-order valence-electron chi connectivity index (χ2n) is 9.23. The van der Waals surface area contributed by atoms with E-state index < -0.39 is 20.9 Å². The number of sulfonamides is 1. The summed E-state index contributed by atoms with van der Waals surface area (Å²) in [7, 11) is -3.63. The maximum atomic E-state index is 13.2. The molecule has 0 spiro atoms. The summed E-state index contributed by atoms with van der Waals surface area (Å²) in [4.78, 5) is 23.8. The van der Waals surface area contributed by atoms with Gasteiger partial charge in [-0.05, 0) is 55.7 Å². The molecule has 4 aromatic rings. The first kappa shape index (κ1) is 27.5. The van der Waals surface area contributed by atoms with Crippen LogP contribution < -0.4 is 5.32 Å². The molecule has 0 aliphatic carbocycles. The number of thioether (sulfide) groups is 1. The Labute approximate surface area is 235 Å². The van der Waals surface area contributed by atoms with E-state index in [1.54, 1.807) is 41.8 Å². The molecule has 1 aliphatic rings. The van der Waals surface area contributed by atoms with Gasteiger partial charge in [-0.1, -0.05) is 48.2 Å². The van der Waals surface area contributed by atoms with Gasteiger partial charge in [-0.2, -0.15) is 4.31 Å². The molecule has 5 rings (SSSR count). The Morgan fingerprint density at radius 3 is 2.50 bits per heavy atom. The maximum Gasteiger partial charge on any atom is 0.293 e. The predicted octanol–water partition coefficient (Wildman–Crippen LogP) is 4.67. The minimum Gasteiger partial charge on any atom is -0.320 e. The van der Waals surface area contributed by atoms with Crippen molar-refractivity contribution in [2.75, 3.05) is 24.2 Å². The molecule has 1 saturated heterocycles. The van der Waals surface area contributed by atoms with Gasteiger partial charge >= 0.3 is 0 Å². The molecule has 0 unspecified atom stereocenters. The minimum absolute atomic E-state index is 0.0840. The van der Waals surface area contributed by atoms with Gasteiger partial charge in [-0.25, -0.2) is 8.42 Å². The number of hydrogen-bond acceptors (Lipinski definition) is 8. The lowest BCUT2D eigenvalue weighted by molar-refractivity contribution is -0.384. The fourth-order valence-electron chi connectivity index (χ4n) is 4.45. The Morgan fingerprint density at radius 2 is 1.77 bits per heavy atom. The number of carbonyl (C=O) groups excluding carboxylic acids is 1. The van der Waals surface area contributed by atoms with Crippen molar-refractivity contribution in [2.45, 2.75) is 29.8 Å². The fraction of sp³-hybridized carbons (Fsp3) is 0.222. The van der Waals surface area contributed by atoms with Crippen LogP contribution in [0.1, 0.15) is 18.4 Å². The van der Waals surface area contributed by atoms with Crippen molar-refractivity contribution < 1.29 is 18.1 Å². The highest BCUT2D eigenvalue weighted by molar-refractivity contribution is 7.99. The first-order chi connectivity index (χ1) is 19.2. The summed E-state index contributed by atoms with van der Waals surface area (Å²) >= 11 is 1.11. The summed E-state index contributed by atoms with van der Waals surface area (Å²) in [6.45, 7) is 2.74. The normalized spacial score (nSPS) is 13.8. The zero-order valence-electron chi connectivity index (χ0n) is 21.6. The van der Waals surface area contributed by atoms with Crippen LogP contribution in [0, 0.1) is 17.0 Å². The van der Waals surface area contributed by atoms with E-state index in [2.05, 4.69) is 15.5 Å². The molecule has 0 atom stereocenters. The number of carbonyl (C=O) groups is 1. The third kappa shape index (κ3) is 5.76. The lowest BCUT2D eigenvalue weighted by Gasteiger charge is -2.16. The van der Waals surface area contributed by atoms with E-state index in [-0.39, 0.29) is 22.0 Å². The van der Waals surface area contributed by atoms with Gasteiger partial charge in [-0.15, -0.1) is 10.2 Å². The van der Waals surface area contributed by atoms with E-state index in [0.29, 0.717) is 35.2 Å². The van der Waals surface area contributed by atoms with Crippen LogP contribution in [0.3, 0.4) is 0 Å². The van der Waals surface area contributed by atoms with E-state index in [0.717, 1.165) is 30.3 Å². The number of aryl methyl sites for hydroxylation is 1. The summed E-state index contributed by atoms with van der Waals surface area (Å²) in [5.41, 5.74) is 1.93. The molecule has 11 nitrogen and oxygen atoms in total. The Kier molecular flexibility index (Phi) is 7.96. The summed E-state index contributed by atoms with van der Waals surface area (Å²) in [5.74, 6) is -0.110. The average Bonchev–Trinajstić information content (AvgIpc) is 3.65. The molecule has 1 amide bonds. The molecular formula is C27H26N6O5S2. The number of para-hydroxylation sites is 1. The Bertz CT molecular complexity index is 1670. The van der Waals surface area contributed by atoms with E-state index in [4.69, 9.17) is 0 Å². The highest BCUT2D eigenvalue weighted by atomic mass is 32.2. The van der Waals surface area contributed by atoms with Crippen LogP contribution >= 0.6 is 11.8 Å². The standard InChI is InChI=1S/C27H26N6O5S2/c1-19-12-13-23(24(16-19)33(35)36)28-25(34)18-39-27-30-29-26(32(27)21-9-3-2-4-10-21)20-8-7-11-22(17-20)40(37,38)31-14-5-6-15-31/h2-4,7-13,16-17H,5-6,14-15,18H2,1H3,(H,28,34). The van der Waals surface area contributed by atoms with Crippen molar-refractivity contribution in [1.82, 2.24) is 19.1 Å². The van der Waals surface area contributed by atoms with Crippen LogP contribution in [0.2, 0.25) is 0 Å². The van der Waals surface area contributed by atoms with E-state index >= 15 is 0 Å². The summed E-state index contributed by atoms with van der Waals surface area (Å²) in [6, 6.07) is 20.5. The predicted molar refractivity (Wildman–Crippen MR) is 152 cm³/mol. The molecule has 0 radical (unpaired) electrons. The first-order valence-electron chi connectivity index (χ1n) is 12.5. The average molecular weight is 579 g/mol. The van der Waals surface area contributed by atoms with Gasteiger partial charge in [0.1, 0.15) is 5.69 Å². The first-order valence-corrected chi connectivity index (χ1v) is 15.0. The Hall–Kier alpha value is -4.07. The summed E-state index contributed by atoms with van der Waals surface area (Å²) in [5, 5.41) is 23.1. The monoisotopic (exact) mass is 578 g/mol. The van der Waals surface area contributed by atoms with Gasteiger partial charge in [-0.3, -0.25) is 19.5 Å². The lowest BCUT2D eigenvalue weighted by atomic mass is 10.2. The molecule has 13 heteroatoms. The highest BCUT2D eigenvalue weighted by Gasteiger charge is 2.28. The second-order valence-corrected chi connectivity index (χ2v) is 12.1. The summed E-state index contributed by atoms with van der Waals surface area (Å²) < 4.78 is 29.6. The summed E-state index contributed by atoms with van der Waals surface area (Å²) in [6.07, 6.45) is 1.68. The highest BCUT2D eigenvalue weighted by Crippen LogP contribution is 2.31. The second kappa shape index (κ2) is 11.6. The van der Waals surface area contributed by atoms with Crippen LogP contribution in [-0.2, 0) is 14.8 Å². The van der Waals surface area contributed by atoms with Crippen LogP contribution in [0.25, 0.3) is 17.1 Å². The number of benzene rings is 3. The van der Waals surface area contributed by atoms with Crippen molar-refractivity contribution in [3.63, 3.8) is 0 Å². The molecule has 1 aliphatic heterocycles. The SMILES string of the molecule is Cc1ccc(NC(=O)CSc2nnc(-c3cccc(S(=O)(=O)N4CCCC4)c3)n2-c2ccccc2)c([N+](=O)[O-])c1. The molecule has 40 heavy (non-hydrogen) atoms. The largest absolute Gasteiger partial charge is 0.320 e. The number of nitrogens with one attached hydrogen (secondary N) is 1. The molecule has 1 N–H and O–H groups in total. The third-order valence-corrected chi connectivity index (χ3v) is 9.22.